The summed E-state index contributed by atoms with van der Waals surface area (Å²) in [7, 11) is 0. The standard InChI is InChI=1S/C26H16/c1-3-9-17(10-4-1)19-15-16-22-24-20-13-7-8-14-21(20)25(24)26(22)23(19)18-11-5-2-6-12-18/h1-16H. The Bertz CT molecular complexity index is 1400. The molecule has 0 heterocycles. The van der Waals surface area contributed by atoms with Crippen molar-refractivity contribution in [1.82, 2.24) is 0 Å². The van der Waals surface area contributed by atoms with Crippen molar-refractivity contribution >= 4 is 21.5 Å². The summed E-state index contributed by atoms with van der Waals surface area (Å²) in [5.41, 5.74) is 5.24. The molecule has 0 heteroatoms. The van der Waals surface area contributed by atoms with Gasteiger partial charge in [0.1, 0.15) is 0 Å². The highest BCUT2D eigenvalue weighted by Gasteiger charge is 2.22. The van der Waals surface area contributed by atoms with Crippen LogP contribution >= 0.6 is 0 Å². The second-order valence-corrected chi connectivity index (χ2v) is 6.94. The highest BCUT2D eigenvalue weighted by atomic mass is 14.2. The first-order valence-electron chi connectivity index (χ1n) is 9.06. The van der Waals surface area contributed by atoms with Crippen LogP contribution in [0.3, 0.4) is 0 Å². The third-order valence-corrected chi connectivity index (χ3v) is 5.59. The smallest absolute Gasteiger partial charge is 0.000740 e. The predicted octanol–water partition coefficient (Wildman–Crippen LogP) is 6.93. The van der Waals surface area contributed by atoms with Crippen LogP contribution in [-0.2, 0) is 0 Å². The molecule has 0 saturated heterocycles. The van der Waals surface area contributed by atoms with E-state index in [0.717, 1.165) is 0 Å². The van der Waals surface area contributed by atoms with Crippen LogP contribution in [0.1, 0.15) is 0 Å². The van der Waals surface area contributed by atoms with E-state index < -0.39 is 0 Å². The lowest BCUT2D eigenvalue weighted by Gasteiger charge is -2.23. The Morgan fingerprint density at radius 3 is 1.65 bits per heavy atom. The van der Waals surface area contributed by atoms with Gasteiger partial charge in [0.15, 0.2) is 0 Å². The molecule has 0 unspecified atom stereocenters. The van der Waals surface area contributed by atoms with Crippen molar-refractivity contribution in [2.24, 2.45) is 0 Å². The van der Waals surface area contributed by atoms with Crippen LogP contribution < -0.4 is 0 Å². The first-order chi connectivity index (χ1) is 12.9. The van der Waals surface area contributed by atoms with Gasteiger partial charge >= 0.3 is 0 Å². The number of fused-ring (bicyclic) bond motifs is 6. The van der Waals surface area contributed by atoms with Crippen molar-refractivity contribution < 1.29 is 0 Å². The largest absolute Gasteiger partial charge is 0.0622 e. The Hall–Kier alpha value is -3.38. The summed E-state index contributed by atoms with van der Waals surface area (Å²) in [6.45, 7) is 0. The van der Waals surface area contributed by atoms with Crippen LogP contribution in [0.2, 0.25) is 0 Å². The van der Waals surface area contributed by atoms with Crippen molar-refractivity contribution in [2.45, 2.75) is 0 Å². The monoisotopic (exact) mass is 328 g/mol. The number of benzene rings is 5. The van der Waals surface area contributed by atoms with Gasteiger partial charge in [-0.2, -0.15) is 0 Å². The summed E-state index contributed by atoms with van der Waals surface area (Å²) >= 11 is 0. The molecule has 0 atom stereocenters. The molecule has 4 aromatic carbocycles. The van der Waals surface area contributed by atoms with Gasteiger partial charge in [-0.15, -0.1) is 0 Å². The first kappa shape index (κ1) is 13.9. The fraction of sp³-hybridized carbons (Fsp3) is 0. The molecule has 0 radical (unpaired) electrons. The van der Waals surface area contributed by atoms with Crippen molar-refractivity contribution in [1.29, 1.82) is 0 Å². The summed E-state index contributed by atoms with van der Waals surface area (Å²) in [6.07, 6.45) is 0. The van der Waals surface area contributed by atoms with Crippen molar-refractivity contribution in [3.8, 4) is 22.3 Å². The fourth-order valence-electron chi connectivity index (χ4n) is 4.44. The molecule has 2 aliphatic carbocycles. The Balaban J connectivity index is 1.79. The van der Waals surface area contributed by atoms with Gasteiger partial charge in [0.2, 0.25) is 0 Å². The van der Waals surface area contributed by atoms with E-state index in [0.29, 0.717) is 0 Å². The zero-order valence-electron chi connectivity index (χ0n) is 14.2. The van der Waals surface area contributed by atoms with E-state index in [9.17, 15) is 0 Å². The minimum absolute atomic E-state index is 1.27. The fourth-order valence-corrected chi connectivity index (χ4v) is 4.44. The topological polar surface area (TPSA) is 0 Å². The van der Waals surface area contributed by atoms with E-state index in [1.807, 2.05) is 0 Å². The number of hydrogen-bond donors (Lipinski definition) is 0. The second-order valence-electron chi connectivity index (χ2n) is 6.94. The molecule has 0 saturated carbocycles. The molecule has 6 rings (SSSR count). The maximum Gasteiger partial charge on any atom is -0.000740 e. The molecule has 26 heavy (non-hydrogen) atoms. The molecule has 0 amide bonds. The van der Waals surface area contributed by atoms with Gasteiger partial charge in [0, 0.05) is 0 Å². The van der Waals surface area contributed by atoms with E-state index in [4.69, 9.17) is 0 Å². The molecule has 0 spiro atoms. The van der Waals surface area contributed by atoms with Crippen LogP contribution in [0.5, 0.6) is 0 Å². The minimum atomic E-state index is 1.27. The zero-order valence-corrected chi connectivity index (χ0v) is 14.2. The highest BCUT2D eigenvalue weighted by Crippen LogP contribution is 2.46. The summed E-state index contributed by atoms with van der Waals surface area (Å²) in [6, 6.07) is 34.9. The Morgan fingerprint density at radius 2 is 0.962 bits per heavy atom. The first-order valence-corrected chi connectivity index (χ1v) is 9.06. The van der Waals surface area contributed by atoms with Crippen molar-refractivity contribution in [2.75, 3.05) is 0 Å². The minimum Gasteiger partial charge on any atom is -0.0622 e. The molecule has 0 fully saturated rings. The SMILES string of the molecule is c1ccc(-c2ccc3c4c5ccccc5c=4c3c2-c2ccccc2)cc1. The van der Waals surface area contributed by atoms with Gasteiger partial charge in [-0.1, -0.05) is 97.1 Å². The van der Waals surface area contributed by atoms with Gasteiger partial charge < -0.3 is 0 Å². The summed E-state index contributed by atoms with van der Waals surface area (Å²) in [5.74, 6) is 0. The summed E-state index contributed by atoms with van der Waals surface area (Å²) in [4.78, 5) is 0. The highest BCUT2D eigenvalue weighted by molar-refractivity contribution is 6.16. The van der Waals surface area contributed by atoms with Crippen LogP contribution in [0, 0.1) is 10.4 Å². The molecular formula is C26H16. The number of rotatable bonds is 2. The Morgan fingerprint density at radius 1 is 0.385 bits per heavy atom. The van der Waals surface area contributed by atoms with Gasteiger partial charge in [0.25, 0.3) is 0 Å². The molecular weight excluding hydrogens is 312 g/mol. The predicted molar refractivity (Wildman–Crippen MR) is 110 cm³/mol. The molecule has 4 aromatic rings. The average Bonchev–Trinajstić information content (AvgIpc) is 2.69. The van der Waals surface area contributed by atoms with Crippen LogP contribution in [-0.4, -0.2) is 0 Å². The average molecular weight is 328 g/mol. The normalized spacial score (nSPS) is 11.8. The van der Waals surface area contributed by atoms with Crippen LogP contribution in [0.25, 0.3) is 43.8 Å². The molecule has 0 bridgehead atoms. The third-order valence-electron chi connectivity index (χ3n) is 5.59. The number of hydrogen-bond acceptors (Lipinski definition) is 0. The molecule has 0 nitrogen and oxygen atoms in total. The lowest BCUT2D eigenvalue weighted by Crippen LogP contribution is -1.99. The van der Waals surface area contributed by atoms with E-state index in [1.54, 1.807) is 0 Å². The van der Waals surface area contributed by atoms with Crippen LogP contribution in [0.4, 0.5) is 0 Å². The molecule has 120 valence electrons. The van der Waals surface area contributed by atoms with Gasteiger partial charge in [-0.05, 0) is 54.2 Å². The third kappa shape index (κ3) is 1.69. The lowest BCUT2D eigenvalue weighted by atomic mass is 9.80. The Labute approximate surface area is 151 Å². The van der Waals surface area contributed by atoms with Crippen molar-refractivity contribution in [3.63, 3.8) is 0 Å². The molecule has 0 aromatic heterocycles. The summed E-state index contributed by atoms with van der Waals surface area (Å²) < 4.78 is 0. The molecule has 0 N–H and O–H groups in total. The van der Waals surface area contributed by atoms with E-state index in [2.05, 4.69) is 97.1 Å². The summed E-state index contributed by atoms with van der Waals surface area (Å²) in [5, 5.41) is 8.53. The maximum absolute atomic E-state index is 2.30. The van der Waals surface area contributed by atoms with E-state index in [1.165, 1.54) is 54.2 Å². The molecule has 2 aliphatic rings. The second kappa shape index (κ2) is 5.06. The quantitative estimate of drug-likeness (QED) is 0.302. The molecule has 0 aliphatic heterocycles. The van der Waals surface area contributed by atoms with E-state index >= 15 is 0 Å². The van der Waals surface area contributed by atoms with E-state index in [-0.39, 0.29) is 0 Å². The van der Waals surface area contributed by atoms with Crippen molar-refractivity contribution in [3.05, 3.63) is 107 Å². The van der Waals surface area contributed by atoms with Crippen LogP contribution in [0.15, 0.2) is 97.1 Å². The lowest BCUT2D eigenvalue weighted by molar-refractivity contribution is 1.54. The maximum atomic E-state index is 2.30. The van der Waals surface area contributed by atoms with Gasteiger partial charge in [-0.25, -0.2) is 0 Å². The van der Waals surface area contributed by atoms with Gasteiger partial charge in [-0.3, -0.25) is 0 Å². The zero-order chi connectivity index (χ0) is 17.1. The Kier molecular flexibility index (Phi) is 2.70. The van der Waals surface area contributed by atoms with Gasteiger partial charge in [0.05, 0.1) is 0 Å².